The van der Waals surface area contributed by atoms with Crippen molar-refractivity contribution < 1.29 is 14.3 Å². The van der Waals surface area contributed by atoms with Crippen molar-refractivity contribution in [2.45, 2.75) is 6.42 Å². The van der Waals surface area contributed by atoms with Gasteiger partial charge in [-0.3, -0.25) is 4.79 Å². The van der Waals surface area contributed by atoms with Crippen LogP contribution in [0.3, 0.4) is 0 Å². The highest BCUT2D eigenvalue weighted by Gasteiger charge is 2.30. The van der Waals surface area contributed by atoms with Crippen LogP contribution in [0.1, 0.15) is 6.42 Å². The molecule has 16 heavy (non-hydrogen) atoms. The SMILES string of the molecule is COC1=C(OC)C(=O)C2=CN(C)CCC2=C1. The molecule has 0 saturated carbocycles. The molecule has 0 amide bonds. The Kier molecular flexibility index (Phi) is 2.73. The summed E-state index contributed by atoms with van der Waals surface area (Å²) < 4.78 is 10.2. The number of ether oxygens (including phenoxy) is 2. The molecule has 1 aliphatic heterocycles. The Hall–Kier alpha value is -1.71. The van der Waals surface area contributed by atoms with Gasteiger partial charge in [0.25, 0.3) is 0 Å². The summed E-state index contributed by atoms with van der Waals surface area (Å²) in [4.78, 5) is 14.1. The number of nitrogens with zero attached hydrogens (tertiary/aromatic N) is 1. The fourth-order valence-corrected chi connectivity index (χ4v) is 1.96. The van der Waals surface area contributed by atoms with Crippen molar-refractivity contribution in [3.63, 3.8) is 0 Å². The minimum Gasteiger partial charge on any atom is -0.493 e. The zero-order valence-electron chi connectivity index (χ0n) is 9.74. The minimum atomic E-state index is -0.0941. The molecule has 2 aliphatic rings. The number of hydrogen-bond donors (Lipinski definition) is 0. The molecule has 0 unspecified atom stereocenters. The maximum Gasteiger partial charge on any atom is 0.233 e. The number of ketones is 1. The van der Waals surface area contributed by atoms with Crippen LogP contribution in [0.15, 0.2) is 34.9 Å². The second-order valence-corrected chi connectivity index (χ2v) is 3.87. The average molecular weight is 221 g/mol. The minimum absolute atomic E-state index is 0.0941. The molecule has 1 heterocycles. The molecule has 0 aromatic carbocycles. The zero-order valence-corrected chi connectivity index (χ0v) is 9.74. The van der Waals surface area contributed by atoms with Crippen LogP contribution in [0.2, 0.25) is 0 Å². The fraction of sp³-hybridized carbons (Fsp3) is 0.417. The Balaban J connectivity index is 2.48. The van der Waals surface area contributed by atoms with Crippen molar-refractivity contribution in [3.8, 4) is 0 Å². The van der Waals surface area contributed by atoms with Crippen LogP contribution < -0.4 is 0 Å². The van der Waals surface area contributed by atoms with Crippen molar-refractivity contribution >= 4 is 5.78 Å². The third kappa shape index (κ3) is 1.60. The fourth-order valence-electron chi connectivity index (χ4n) is 1.96. The van der Waals surface area contributed by atoms with E-state index in [0.29, 0.717) is 11.3 Å². The molecule has 0 fully saturated rings. The topological polar surface area (TPSA) is 38.8 Å². The van der Waals surface area contributed by atoms with Gasteiger partial charge in [-0.2, -0.15) is 0 Å². The highest BCUT2D eigenvalue weighted by atomic mass is 16.5. The molecule has 0 aromatic heterocycles. The molecule has 0 N–H and O–H groups in total. The van der Waals surface area contributed by atoms with E-state index in [1.807, 2.05) is 24.2 Å². The first-order chi connectivity index (χ1) is 7.67. The summed E-state index contributed by atoms with van der Waals surface area (Å²) in [5, 5.41) is 0. The Morgan fingerprint density at radius 3 is 2.69 bits per heavy atom. The Labute approximate surface area is 94.8 Å². The van der Waals surface area contributed by atoms with E-state index in [0.717, 1.165) is 18.5 Å². The molecule has 0 saturated heterocycles. The van der Waals surface area contributed by atoms with Crippen molar-refractivity contribution in [2.24, 2.45) is 0 Å². The number of hydrogen-bond acceptors (Lipinski definition) is 4. The second-order valence-electron chi connectivity index (χ2n) is 3.87. The highest BCUT2D eigenvalue weighted by molar-refractivity contribution is 6.11. The van der Waals surface area contributed by atoms with Gasteiger partial charge in [0, 0.05) is 25.4 Å². The third-order valence-electron chi connectivity index (χ3n) is 2.83. The highest BCUT2D eigenvalue weighted by Crippen LogP contribution is 2.31. The van der Waals surface area contributed by atoms with Gasteiger partial charge in [-0.25, -0.2) is 0 Å². The predicted octanol–water partition coefficient (Wildman–Crippen LogP) is 1.22. The van der Waals surface area contributed by atoms with Crippen molar-refractivity contribution in [1.29, 1.82) is 0 Å². The first-order valence-corrected chi connectivity index (χ1v) is 5.17. The summed E-state index contributed by atoms with van der Waals surface area (Å²) in [5.41, 5.74) is 1.74. The van der Waals surface area contributed by atoms with Crippen LogP contribution in [0.25, 0.3) is 0 Å². The zero-order chi connectivity index (χ0) is 11.7. The van der Waals surface area contributed by atoms with Gasteiger partial charge in [0.15, 0.2) is 5.76 Å². The maximum absolute atomic E-state index is 12.1. The maximum atomic E-state index is 12.1. The summed E-state index contributed by atoms with van der Waals surface area (Å²) in [6.07, 6.45) is 4.61. The molecule has 0 bridgehead atoms. The number of rotatable bonds is 2. The smallest absolute Gasteiger partial charge is 0.233 e. The monoisotopic (exact) mass is 221 g/mol. The van der Waals surface area contributed by atoms with E-state index < -0.39 is 0 Å². The van der Waals surface area contributed by atoms with Gasteiger partial charge < -0.3 is 14.4 Å². The normalized spacial score (nSPS) is 20.2. The lowest BCUT2D eigenvalue weighted by Crippen LogP contribution is -2.26. The van der Waals surface area contributed by atoms with Gasteiger partial charge in [-0.1, -0.05) is 0 Å². The van der Waals surface area contributed by atoms with Crippen molar-refractivity contribution in [1.82, 2.24) is 4.90 Å². The lowest BCUT2D eigenvalue weighted by atomic mass is 9.91. The second kappa shape index (κ2) is 4.04. The molecule has 0 radical (unpaired) electrons. The first-order valence-electron chi connectivity index (χ1n) is 5.17. The van der Waals surface area contributed by atoms with Crippen LogP contribution >= 0.6 is 0 Å². The summed E-state index contributed by atoms with van der Waals surface area (Å²) >= 11 is 0. The van der Waals surface area contributed by atoms with E-state index >= 15 is 0 Å². The summed E-state index contributed by atoms with van der Waals surface area (Å²) in [6.45, 7) is 0.919. The number of Topliss-reactive ketones (excluding diaryl/α,β-unsaturated/α-hetero) is 1. The van der Waals surface area contributed by atoms with Gasteiger partial charge in [0.05, 0.1) is 14.2 Å². The van der Waals surface area contributed by atoms with Gasteiger partial charge in [-0.15, -0.1) is 0 Å². The molecule has 2 rings (SSSR count). The Bertz CT molecular complexity index is 418. The van der Waals surface area contributed by atoms with Gasteiger partial charge in [-0.05, 0) is 18.1 Å². The molecule has 86 valence electrons. The summed E-state index contributed by atoms with van der Waals surface area (Å²) in [7, 11) is 4.99. The molecule has 1 aliphatic carbocycles. The lowest BCUT2D eigenvalue weighted by Gasteiger charge is -2.27. The molecule has 0 spiro atoms. The van der Waals surface area contributed by atoms with E-state index in [9.17, 15) is 4.79 Å². The molecule has 0 aromatic rings. The third-order valence-corrected chi connectivity index (χ3v) is 2.83. The quantitative estimate of drug-likeness (QED) is 0.702. The van der Waals surface area contributed by atoms with Crippen LogP contribution in [0, 0.1) is 0 Å². The summed E-state index contributed by atoms with van der Waals surface area (Å²) in [5.74, 6) is 0.709. The van der Waals surface area contributed by atoms with E-state index in [1.165, 1.54) is 7.11 Å². The van der Waals surface area contributed by atoms with E-state index in [2.05, 4.69) is 0 Å². The van der Waals surface area contributed by atoms with Gasteiger partial charge >= 0.3 is 0 Å². The Morgan fingerprint density at radius 2 is 2.06 bits per heavy atom. The number of allylic oxidation sites excluding steroid dienone is 2. The standard InChI is InChI=1S/C12H15NO3/c1-13-5-4-8-6-10(15-2)12(16-3)11(14)9(8)7-13/h6-7H,4-5H2,1-3H3. The Morgan fingerprint density at radius 1 is 1.31 bits per heavy atom. The first kappa shape index (κ1) is 10.8. The molecular weight excluding hydrogens is 206 g/mol. The van der Waals surface area contributed by atoms with Crippen molar-refractivity contribution in [2.75, 3.05) is 27.8 Å². The molecule has 0 atom stereocenters. The lowest BCUT2D eigenvalue weighted by molar-refractivity contribution is -0.115. The van der Waals surface area contributed by atoms with Crippen LogP contribution in [-0.2, 0) is 14.3 Å². The number of fused-ring (bicyclic) bond motifs is 1. The summed E-state index contributed by atoms with van der Waals surface area (Å²) in [6, 6.07) is 0. The van der Waals surface area contributed by atoms with Crippen LogP contribution in [0.4, 0.5) is 0 Å². The van der Waals surface area contributed by atoms with Gasteiger partial charge in [0.2, 0.25) is 11.5 Å². The molecular formula is C12H15NO3. The predicted molar refractivity (Wildman–Crippen MR) is 59.5 cm³/mol. The molecule has 4 heteroatoms. The van der Waals surface area contributed by atoms with Crippen LogP contribution in [0.5, 0.6) is 0 Å². The molecule has 4 nitrogen and oxygen atoms in total. The number of carbonyl (C=O) groups excluding carboxylic acids is 1. The largest absolute Gasteiger partial charge is 0.493 e. The number of carbonyl (C=O) groups is 1. The number of methoxy groups -OCH3 is 2. The van der Waals surface area contributed by atoms with E-state index in [1.54, 1.807) is 7.11 Å². The average Bonchev–Trinajstić information content (AvgIpc) is 2.29. The van der Waals surface area contributed by atoms with E-state index in [-0.39, 0.29) is 11.5 Å². The van der Waals surface area contributed by atoms with Gasteiger partial charge in [0.1, 0.15) is 0 Å². The van der Waals surface area contributed by atoms with E-state index in [4.69, 9.17) is 9.47 Å². The van der Waals surface area contributed by atoms with Crippen molar-refractivity contribution in [3.05, 3.63) is 34.9 Å². The van der Waals surface area contributed by atoms with Crippen LogP contribution in [-0.4, -0.2) is 38.5 Å².